The van der Waals surface area contributed by atoms with Gasteiger partial charge in [-0.25, -0.2) is 0 Å². The molecule has 0 radical (unpaired) electrons. The van der Waals surface area contributed by atoms with Gasteiger partial charge in [-0.3, -0.25) is 9.36 Å². The second-order valence-electron chi connectivity index (χ2n) is 7.95. The number of amides is 1. The van der Waals surface area contributed by atoms with E-state index in [1.807, 2.05) is 24.3 Å². The Morgan fingerprint density at radius 3 is 2.29 bits per heavy atom. The predicted molar refractivity (Wildman–Crippen MR) is 141 cm³/mol. The fourth-order valence-corrected chi connectivity index (χ4v) is 4.73. The molecule has 198 valence electrons. The SMILES string of the molecule is COc1ccc(C(=O)NCc2nnc(SCc3ccc(C(F)(F)F)cc3)n2-c2ccc(Br)cc2)cc1OC. The van der Waals surface area contributed by atoms with E-state index in [0.717, 1.165) is 22.3 Å². The molecule has 4 rings (SSSR count). The molecule has 0 aliphatic carbocycles. The molecule has 0 aliphatic heterocycles. The first kappa shape index (κ1) is 27.5. The minimum absolute atomic E-state index is 0.0804. The Kier molecular flexibility index (Phi) is 8.62. The van der Waals surface area contributed by atoms with Crippen LogP contribution in [0.5, 0.6) is 11.5 Å². The normalized spacial score (nSPS) is 11.3. The fourth-order valence-electron chi connectivity index (χ4n) is 3.53. The molecule has 1 aromatic heterocycles. The number of benzene rings is 3. The Morgan fingerprint density at radius 1 is 0.974 bits per heavy atom. The number of alkyl halides is 3. The maximum Gasteiger partial charge on any atom is 0.416 e. The van der Waals surface area contributed by atoms with E-state index in [2.05, 4.69) is 31.4 Å². The molecule has 0 fully saturated rings. The van der Waals surface area contributed by atoms with Gasteiger partial charge in [-0.2, -0.15) is 13.2 Å². The summed E-state index contributed by atoms with van der Waals surface area (Å²) in [5.74, 6) is 1.46. The Balaban J connectivity index is 1.54. The molecule has 0 unspecified atom stereocenters. The number of rotatable bonds is 9. The molecule has 0 saturated carbocycles. The average molecular weight is 607 g/mol. The number of nitrogens with one attached hydrogen (secondary N) is 1. The summed E-state index contributed by atoms with van der Waals surface area (Å²) in [7, 11) is 3.00. The zero-order valence-corrected chi connectivity index (χ0v) is 22.7. The van der Waals surface area contributed by atoms with Crippen LogP contribution in [-0.4, -0.2) is 34.9 Å². The van der Waals surface area contributed by atoms with Crippen LogP contribution in [0.3, 0.4) is 0 Å². The number of carbonyl (C=O) groups is 1. The van der Waals surface area contributed by atoms with Crippen LogP contribution in [0, 0.1) is 0 Å². The van der Waals surface area contributed by atoms with Crippen LogP contribution in [0.15, 0.2) is 76.4 Å². The van der Waals surface area contributed by atoms with E-state index in [4.69, 9.17) is 9.47 Å². The van der Waals surface area contributed by atoms with Crippen LogP contribution < -0.4 is 14.8 Å². The van der Waals surface area contributed by atoms with Crippen molar-refractivity contribution in [3.63, 3.8) is 0 Å². The molecule has 0 saturated heterocycles. The van der Waals surface area contributed by atoms with Gasteiger partial charge >= 0.3 is 6.18 Å². The molecule has 3 aromatic carbocycles. The van der Waals surface area contributed by atoms with Gasteiger partial charge < -0.3 is 14.8 Å². The summed E-state index contributed by atoms with van der Waals surface area (Å²) in [6, 6.07) is 17.3. The molecule has 1 N–H and O–H groups in total. The smallest absolute Gasteiger partial charge is 0.416 e. The van der Waals surface area contributed by atoms with Crippen LogP contribution in [-0.2, 0) is 18.5 Å². The predicted octanol–water partition coefficient (Wildman–Crippen LogP) is 6.29. The van der Waals surface area contributed by atoms with Gasteiger partial charge in [-0.05, 0) is 60.2 Å². The summed E-state index contributed by atoms with van der Waals surface area (Å²) >= 11 is 4.75. The molecule has 0 spiro atoms. The lowest BCUT2D eigenvalue weighted by molar-refractivity contribution is -0.137. The first-order valence-electron chi connectivity index (χ1n) is 11.2. The van der Waals surface area contributed by atoms with Crippen LogP contribution in [0.25, 0.3) is 5.69 Å². The monoisotopic (exact) mass is 606 g/mol. The van der Waals surface area contributed by atoms with E-state index in [9.17, 15) is 18.0 Å². The second-order valence-corrected chi connectivity index (χ2v) is 9.80. The highest BCUT2D eigenvalue weighted by atomic mass is 79.9. The number of ether oxygens (including phenoxy) is 2. The number of hydrogen-bond donors (Lipinski definition) is 1. The first-order chi connectivity index (χ1) is 18.2. The third kappa shape index (κ3) is 6.48. The Hall–Kier alpha value is -3.51. The van der Waals surface area contributed by atoms with Gasteiger partial charge in [0.05, 0.1) is 26.3 Å². The van der Waals surface area contributed by atoms with Crippen molar-refractivity contribution in [1.82, 2.24) is 20.1 Å². The van der Waals surface area contributed by atoms with Crippen molar-refractivity contribution in [3.05, 3.63) is 93.7 Å². The molecule has 0 aliphatic rings. The number of aromatic nitrogens is 3. The zero-order valence-electron chi connectivity index (χ0n) is 20.3. The molecule has 1 amide bonds. The lowest BCUT2D eigenvalue weighted by Crippen LogP contribution is -2.24. The molecule has 0 atom stereocenters. The molecule has 38 heavy (non-hydrogen) atoms. The molecule has 1 heterocycles. The number of thioether (sulfide) groups is 1. The van der Waals surface area contributed by atoms with E-state index in [1.165, 1.54) is 38.1 Å². The Morgan fingerprint density at radius 2 is 1.66 bits per heavy atom. The summed E-state index contributed by atoms with van der Waals surface area (Å²) in [6.07, 6.45) is -4.39. The van der Waals surface area contributed by atoms with Gasteiger partial charge in [0.1, 0.15) is 0 Å². The maximum atomic E-state index is 12.9. The molecular formula is C26H22BrF3N4O3S. The lowest BCUT2D eigenvalue weighted by atomic mass is 10.1. The standard InChI is InChI=1S/C26H22BrF3N4O3S/c1-36-21-12-5-17(13-22(21)37-2)24(35)31-14-23-32-33-25(34(23)20-10-8-19(27)9-11-20)38-15-16-3-6-18(7-4-16)26(28,29)30/h3-13H,14-15H2,1-2H3,(H,31,35). The zero-order chi connectivity index (χ0) is 27.3. The minimum atomic E-state index is -4.39. The molecule has 0 bridgehead atoms. The lowest BCUT2D eigenvalue weighted by Gasteiger charge is -2.12. The van der Waals surface area contributed by atoms with Crippen molar-refractivity contribution in [1.29, 1.82) is 0 Å². The second kappa shape index (κ2) is 11.9. The summed E-state index contributed by atoms with van der Waals surface area (Å²) in [4.78, 5) is 12.8. The summed E-state index contributed by atoms with van der Waals surface area (Å²) in [6.45, 7) is 0.0804. The van der Waals surface area contributed by atoms with Gasteiger partial charge in [0.25, 0.3) is 5.91 Å². The van der Waals surface area contributed by atoms with Crippen LogP contribution in [0.2, 0.25) is 0 Å². The van der Waals surface area contributed by atoms with Crippen molar-refractivity contribution in [3.8, 4) is 17.2 Å². The quantitative estimate of drug-likeness (QED) is 0.226. The number of carbonyl (C=O) groups excluding carboxylic acids is 1. The number of halogens is 4. The Labute approximate surface area is 229 Å². The van der Waals surface area contributed by atoms with Crippen molar-refractivity contribution < 1.29 is 27.4 Å². The highest BCUT2D eigenvalue weighted by Crippen LogP contribution is 2.31. The van der Waals surface area contributed by atoms with Crippen molar-refractivity contribution >= 4 is 33.6 Å². The van der Waals surface area contributed by atoms with E-state index in [0.29, 0.717) is 39.4 Å². The summed E-state index contributed by atoms with van der Waals surface area (Å²) in [5.41, 5.74) is 1.16. The van der Waals surface area contributed by atoms with E-state index in [-0.39, 0.29) is 12.5 Å². The third-order valence-electron chi connectivity index (χ3n) is 5.49. The van der Waals surface area contributed by atoms with E-state index in [1.54, 1.807) is 22.8 Å². The molecule has 4 aromatic rings. The van der Waals surface area contributed by atoms with Gasteiger partial charge in [0, 0.05) is 21.5 Å². The van der Waals surface area contributed by atoms with E-state index < -0.39 is 11.7 Å². The highest BCUT2D eigenvalue weighted by Gasteiger charge is 2.30. The van der Waals surface area contributed by atoms with E-state index >= 15 is 0 Å². The molecular weight excluding hydrogens is 585 g/mol. The Bertz CT molecular complexity index is 1410. The van der Waals surface area contributed by atoms with Gasteiger partial charge in [-0.1, -0.05) is 39.8 Å². The number of hydrogen-bond acceptors (Lipinski definition) is 6. The maximum absolute atomic E-state index is 12.9. The number of nitrogens with zero attached hydrogens (tertiary/aromatic N) is 3. The third-order valence-corrected chi connectivity index (χ3v) is 7.02. The van der Waals surface area contributed by atoms with Crippen molar-refractivity contribution in [2.24, 2.45) is 0 Å². The molecule has 7 nitrogen and oxygen atoms in total. The van der Waals surface area contributed by atoms with Gasteiger partial charge in [-0.15, -0.1) is 10.2 Å². The van der Waals surface area contributed by atoms with Crippen molar-refractivity contribution in [2.75, 3.05) is 14.2 Å². The number of methoxy groups -OCH3 is 2. The van der Waals surface area contributed by atoms with Crippen molar-refractivity contribution in [2.45, 2.75) is 23.6 Å². The fraction of sp³-hybridized carbons (Fsp3) is 0.192. The van der Waals surface area contributed by atoms with Gasteiger partial charge in [0.15, 0.2) is 22.5 Å². The largest absolute Gasteiger partial charge is 0.493 e. The topological polar surface area (TPSA) is 78.3 Å². The van der Waals surface area contributed by atoms with Gasteiger partial charge in [0.2, 0.25) is 0 Å². The first-order valence-corrected chi connectivity index (χ1v) is 13.0. The summed E-state index contributed by atoms with van der Waals surface area (Å²) in [5, 5.41) is 11.9. The summed E-state index contributed by atoms with van der Waals surface area (Å²) < 4.78 is 51.8. The minimum Gasteiger partial charge on any atom is -0.493 e. The average Bonchev–Trinajstić information content (AvgIpc) is 3.33. The molecule has 12 heteroatoms. The van der Waals surface area contributed by atoms with Crippen LogP contribution in [0.4, 0.5) is 13.2 Å². The van der Waals surface area contributed by atoms with Crippen LogP contribution >= 0.6 is 27.7 Å². The van der Waals surface area contributed by atoms with Crippen LogP contribution in [0.1, 0.15) is 27.3 Å². The highest BCUT2D eigenvalue weighted by molar-refractivity contribution is 9.10.